The summed E-state index contributed by atoms with van der Waals surface area (Å²) >= 11 is 1.91. The maximum Gasteiger partial charge on any atom is 0.00512 e. The number of hydrogen-bond acceptors (Lipinski definition) is 2. The summed E-state index contributed by atoms with van der Waals surface area (Å²) in [7, 11) is 0. The van der Waals surface area contributed by atoms with E-state index in [0.717, 1.165) is 0 Å². The van der Waals surface area contributed by atoms with Crippen molar-refractivity contribution in [1.82, 2.24) is 5.32 Å². The van der Waals surface area contributed by atoms with Gasteiger partial charge in [0.2, 0.25) is 0 Å². The van der Waals surface area contributed by atoms with E-state index in [1.54, 1.807) is 4.88 Å². The summed E-state index contributed by atoms with van der Waals surface area (Å²) in [5.41, 5.74) is 0.551. The minimum Gasteiger partial charge on any atom is -0.314 e. The van der Waals surface area contributed by atoms with Gasteiger partial charge in [0.05, 0.1) is 0 Å². The molecule has 1 fully saturated rings. The first kappa shape index (κ1) is 12.1. The fraction of sp³-hybridized carbons (Fsp3) is 0.714. The summed E-state index contributed by atoms with van der Waals surface area (Å²) in [4.78, 5) is 1.56. The fourth-order valence-corrected chi connectivity index (χ4v) is 3.62. The average Bonchev–Trinajstić information content (AvgIpc) is 2.88. The zero-order chi connectivity index (χ0) is 11.4. The minimum atomic E-state index is 0.551. The van der Waals surface area contributed by atoms with Crippen molar-refractivity contribution >= 4 is 11.3 Å². The summed E-state index contributed by atoms with van der Waals surface area (Å²) < 4.78 is 0. The van der Waals surface area contributed by atoms with Crippen molar-refractivity contribution in [3.05, 3.63) is 22.4 Å². The van der Waals surface area contributed by atoms with E-state index in [2.05, 4.69) is 36.7 Å². The zero-order valence-corrected chi connectivity index (χ0v) is 11.3. The van der Waals surface area contributed by atoms with Crippen LogP contribution in [0.5, 0.6) is 0 Å². The molecule has 0 saturated heterocycles. The molecule has 1 saturated carbocycles. The molecule has 2 heteroatoms. The van der Waals surface area contributed by atoms with E-state index in [1.165, 1.54) is 38.6 Å². The van der Waals surface area contributed by atoms with Crippen LogP contribution in [0, 0.1) is 5.41 Å². The SMILES string of the molecule is CC(C)NCC1(Cc2cccs2)CCCC1. The summed E-state index contributed by atoms with van der Waals surface area (Å²) in [6, 6.07) is 5.08. The van der Waals surface area contributed by atoms with Gasteiger partial charge in [-0.25, -0.2) is 0 Å². The van der Waals surface area contributed by atoms with Crippen LogP contribution in [0.2, 0.25) is 0 Å². The van der Waals surface area contributed by atoms with Crippen LogP contribution >= 0.6 is 11.3 Å². The van der Waals surface area contributed by atoms with Gasteiger partial charge in [0, 0.05) is 17.5 Å². The van der Waals surface area contributed by atoms with Crippen LogP contribution in [-0.2, 0) is 6.42 Å². The first-order valence-corrected chi connectivity index (χ1v) is 7.34. The van der Waals surface area contributed by atoms with Crippen LogP contribution in [0.1, 0.15) is 44.4 Å². The van der Waals surface area contributed by atoms with E-state index in [-0.39, 0.29) is 0 Å². The molecular formula is C14H23NS. The molecule has 0 bridgehead atoms. The normalized spacial score (nSPS) is 19.4. The Morgan fingerprint density at radius 2 is 2.12 bits per heavy atom. The second-order valence-electron chi connectivity index (χ2n) is 5.50. The highest BCUT2D eigenvalue weighted by Crippen LogP contribution is 2.41. The van der Waals surface area contributed by atoms with Gasteiger partial charge in [0.25, 0.3) is 0 Å². The zero-order valence-electron chi connectivity index (χ0n) is 10.5. The van der Waals surface area contributed by atoms with Gasteiger partial charge >= 0.3 is 0 Å². The molecule has 90 valence electrons. The van der Waals surface area contributed by atoms with Crippen molar-refractivity contribution in [2.45, 2.75) is 52.0 Å². The van der Waals surface area contributed by atoms with Crippen molar-refractivity contribution < 1.29 is 0 Å². The Balaban J connectivity index is 1.98. The summed E-state index contributed by atoms with van der Waals surface area (Å²) in [5.74, 6) is 0. The Morgan fingerprint density at radius 1 is 1.38 bits per heavy atom. The van der Waals surface area contributed by atoms with Gasteiger partial charge in [-0.1, -0.05) is 32.8 Å². The Hall–Kier alpha value is -0.340. The average molecular weight is 237 g/mol. The lowest BCUT2D eigenvalue weighted by molar-refractivity contribution is 0.271. The Kier molecular flexibility index (Phi) is 4.04. The maximum atomic E-state index is 3.65. The fourth-order valence-electron chi connectivity index (χ4n) is 2.74. The quantitative estimate of drug-likeness (QED) is 0.820. The van der Waals surface area contributed by atoms with Crippen LogP contribution in [-0.4, -0.2) is 12.6 Å². The molecule has 0 spiro atoms. The Bertz CT molecular complexity index is 297. The van der Waals surface area contributed by atoms with E-state index < -0.39 is 0 Å². The lowest BCUT2D eigenvalue weighted by atomic mass is 9.82. The summed E-state index contributed by atoms with van der Waals surface area (Å²) in [5, 5.41) is 5.85. The standard InChI is InChI=1S/C14H23NS/c1-12(2)15-11-14(7-3-4-8-14)10-13-6-5-9-16-13/h5-6,9,12,15H,3-4,7-8,10-11H2,1-2H3. The van der Waals surface area contributed by atoms with Crippen molar-refractivity contribution in [2.75, 3.05) is 6.54 Å². The highest BCUT2D eigenvalue weighted by Gasteiger charge is 2.33. The summed E-state index contributed by atoms with van der Waals surface area (Å²) in [6.45, 7) is 5.68. The molecule has 1 aliphatic rings. The van der Waals surface area contributed by atoms with Crippen LogP contribution in [0.4, 0.5) is 0 Å². The highest BCUT2D eigenvalue weighted by atomic mass is 32.1. The van der Waals surface area contributed by atoms with Gasteiger partial charge in [-0.2, -0.15) is 0 Å². The van der Waals surface area contributed by atoms with Gasteiger partial charge in [0.15, 0.2) is 0 Å². The molecule has 1 nitrogen and oxygen atoms in total. The van der Waals surface area contributed by atoms with Gasteiger partial charge in [0.1, 0.15) is 0 Å². The first-order chi connectivity index (χ1) is 7.70. The molecule has 1 aliphatic carbocycles. The molecule has 0 radical (unpaired) electrons. The van der Waals surface area contributed by atoms with Crippen molar-refractivity contribution in [1.29, 1.82) is 0 Å². The molecule has 1 heterocycles. The topological polar surface area (TPSA) is 12.0 Å². The third-order valence-corrected chi connectivity index (χ3v) is 4.56. The smallest absolute Gasteiger partial charge is 0.00512 e. The largest absolute Gasteiger partial charge is 0.314 e. The Labute approximate surface area is 103 Å². The van der Waals surface area contributed by atoms with Gasteiger partial charge in [-0.15, -0.1) is 11.3 Å². The number of rotatable bonds is 5. The van der Waals surface area contributed by atoms with Gasteiger partial charge in [-0.05, 0) is 36.1 Å². The first-order valence-electron chi connectivity index (χ1n) is 6.46. The third kappa shape index (κ3) is 3.08. The van der Waals surface area contributed by atoms with Crippen LogP contribution < -0.4 is 5.32 Å². The second-order valence-corrected chi connectivity index (χ2v) is 6.53. The number of thiophene rings is 1. The van der Waals surface area contributed by atoms with Crippen molar-refractivity contribution in [3.63, 3.8) is 0 Å². The van der Waals surface area contributed by atoms with Crippen LogP contribution in [0.3, 0.4) is 0 Å². The molecule has 0 aliphatic heterocycles. The van der Waals surface area contributed by atoms with E-state index >= 15 is 0 Å². The predicted octanol–water partition coefficient (Wildman–Crippen LogP) is 3.85. The molecular weight excluding hydrogens is 214 g/mol. The van der Waals surface area contributed by atoms with Crippen LogP contribution in [0.15, 0.2) is 17.5 Å². The molecule has 1 N–H and O–H groups in total. The molecule has 1 aromatic rings. The molecule has 0 aromatic carbocycles. The molecule has 0 unspecified atom stereocenters. The summed E-state index contributed by atoms with van der Waals surface area (Å²) in [6.07, 6.45) is 6.94. The molecule has 0 atom stereocenters. The predicted molar refractivity (Wildman–Crippen MR) is 72.1 cm³/mol. The number of nitrogens with one attached hydrogen (secondary N) is 1. The highest BCUT2D eigenvalue weighted by molar-refractivity contribution is 7.09. The lowest BCUT2D eigenvalue weighted by Crippen LogP contribution is -2.37. The molecule has 1 aromatic heterocycles. The van der Waals surface area contributed by atoms with E-state index in [0.29, 0.717) is 11.5 Å². The van der Waals surface area contributed by atoms with Gasteiger partial charge < -0.3 is 5.32 Å². The van der Waals surface area contributed by atoms with E-state index in [9.17, 15) is 0 Å². The second kappa shape index (κ2) is 5.33. The molecule has 16 heavy (non-hydrogen) atoms. The monoisotopic (exact) mass is 237 g/mol. The van der Waals surface area contributed by atoms with E-state index in [4.69, 9.17) is 0 Å². The minimum absolute atomic E-state index is 0.551. The van der Waals surface area contributed by atoms with Gasteiger partial charge in [-0.3, -0.25) is 0 Å². The van der Waals surface area contributed by atoms with Crippen molar-refractivity contribution in [2.24, 2.45) is 5.41 Å². The third-order valence-electron chi connectivity index (χ3n) is 3.68. The lowest BCUT2D eigenvalue weighted by Gasteiger charge is -2.30. The number of hydrogen-bond donors (Lipinski definition) is 1. The molecule has 2 rings (SSSR count). The maximum absolute atomic E-state index is 3.65. The Morgan fingerprint density at radius 3 is 2.69 bits per heavy atom. The van der Waals surface area contributed by atoms with Crippen LogP contribution in [0.25, 0.3) is 0 Å². The van der Waals surface area contributed by atoms with E-state index in [1.807, 2.05) is 11.3 Å². The molecule has 0 amide bonds. The van der Waals surface area contributed by atoms with Crippen molar-refractivity contribution in [3.8, 4) is 0 Å².